The second kappa shape index (κ2) is 12.2. The van der Waals surface area contributed by atoms with Gasteiger partial charge >= 0.3 is 6.18 Å². The fourth-order valence-electron chi connectivity index (χ4n) is 4.39. The summed E-state index contributed by atoms with van der Waals surface area (Å²) >= 11 is 6.19. The molecular formula is C25H25ClF5N7O2. The van der Waals surface area contributed by atoms with E-state index in [2.05, 4.69) is 25.8 Å². The average Bonchev–Trinajstić information content (AvgIpc) is 3.44. The highest BCUT2D eigenvalue weighted by Crippen LogP contribution is 2.33. The summed E-state index contributed by atoms with van der Waals surface area (Å²) in [6.45, 7) is 2.42. The molecule has 1 aliphatic rings. The van der Waals surface area contributed by atoms with Gasteiger partial charge in [-0.1, -0.05) is 17.7 Å². The van der Waals surface area contributed by atoms with Crippen LogP contribution in [0.25, 0.3) is 0 Å². The van der Waals surface area contributed by atoms with Crippen molar-refractivity contribution in [2.45, 2.75) is 32.1 Å². The van der Waals surface area contributed by atoms with E-state index in [-0.39, 0.29) is 36.2 Å². The predicted octanol–water partition coefficient (Wildman–Crippen LogP) is 4.38. The normalized spacial score (nSPS) is 16.2. The SMILES string of the molecule is C[C@H]1CN(CCC(F)(F)F)CCN1c1cc(Cl)ccc1NC(=O)c1ccc(CNC(=O)c2ncn[nH]2)c(F)c1F. The highest BCUT2D eigenvalue weighted by molar-refractivity contribution is 6.31. The smallest absolute Gasteiger partial charge is 0.365 e. The number of amides is 2. The largest absolute Gasteiger partial charge is 0.390 e. The number of benzene rings is 2. The summed E-state index contributed by atoms with van der Waals surface area (Å²) in [6, 6.07) is 6.68. The first-order valence-corrected chi connectivity index (χ1v) is 12.6. The topological polar surface area (TPSA) is 106 Å². The van der Waals surface area contributed by atoms with Crippen LogP contribution in [0.2, 0.25) is 5.02 Å². The van der Waals surface area contributed by atoms with Crippen molar-refractivity contribution < 1.29 is 31.5 Å². The molecule has 0 saturated carbocycles. The van der Waals surface area contributed by atoms with Gasteiger partial charge in [0.05, 0.1) is 23.4 Å². The molecule has 1 atom stereocenters. The molecule has 9 nitrogen and oxygen atoms in total. The van der Waals surface area contributed by atoms with Gasteiger partial charge in [0.25, 0.3) is 11.8 Å². The Balaban J connectivity index is 1.46. The number of hydrogen-bond acceptors (Lipinski definition) is 6. The van der Waals surface area contributed by atoms with E-state index >= 15 is 0 Å². The Kier molecular flexibility index (Phi) is 8.88. The third-order valence-electron chi connectivity index (χ3n) is 6.42. The monoisotopic (exact) mass is 585 g/mol. The van der Waals surface area contributed by atoms with E-state index in [9.17, 15) is 31.5 Å². The van der Waals surface area contributed by atoms with E-state index in [4.69, 9.17) is 11.6 Å². The second-order valence-electron chi connectivity index (χ2n) is 9.24. The Bertz CT molecular complexity index is 1370. The lowest BCUT2D eigenvalue weighted by Gasteiger charge is -2.42. The minimum atomic E-state index is -4.25. The maximum absolute atomic E-state index is 14.9. The molecule has 40 heavy (non-hydrogen) atoms. The molecule has 1 fully saturated rings. The fraction of sp³-hybridized carbons (Fsp3) is 0.360. The standard InChI is InChI=1S/C25H25ClF5N7O2/c1-14-12-37(7-6-25(29,30)31)8-9-38(14)19-10-16(26)3-5-18(19)35-23(39)17-4-2-15(20(27)21(17)28)11-32-24(40)22-33-13-34-36-22/h2-5,10,13-14H,6-9,11-12H2,1H3,(H,32,40)(H,35,39)(H,33,34,36)/t14-/m0/s1. The number of nitrogens with zero attached hydrogens (tertiary/aromatic N) is 4. The van der Waals surface area contributed by atoms with Crippen LogP contribution in [0.3, 0.4) is 0 Å². The number of hydrogen-bond donors (Lipinski definition) is 3. The molecule has 1 aliphatic heterocycles. The zero-order valence-corrected chi connectivity index (χ0v) is 21.9. The number of alkyl halides is 3. The lowest BCUT2D eigenvalue weighted by Crippen LogP contribution is -2.52. The van der Waals surface area contributed by atoms with Crippen molar-refractivity contribution in [2.75, 3.05) is 36.4 Å². The van der Waals surface area contributed by atoms with Gasteiger partial charge < -0.3 is 15.5 Å². The van der Waals surface area contributed by atoms with E-state index in [0.717, 1.165) is 12.4 Å². The van der Waals surface area contributed by atoms with Crippen LogP contribution in [0.4, 0.5) is 33.3 Å². The summed E-state index contributed by atoms with van der Waals surface area (Å²) in [7, 11) is 0. The van der Waals surface area contributed by atoms with Crippen molar-refractivity contribution in [2.24, 2.45) is 0 Å². The molecule has 2 amide bonds. The summed E-state index contributed by atoms with van der Waals surface area (Å²) < 4.78 is 67.6. The minimum Gasteiger partial charge on any atom is -0.365 e. The van der Waals surface area contributed by atoms with Crippen LogP contribution >= 0.6 is 11.6 Å². The van der Waals surface area contributed by atoms with Gasteiger partial charge in [-0.25, -0.2) is 13.8 Å². The Morgan fingerprint density at radius 2 is 1.90 bits per heavy atom. The lowest BCUT2D eigenvalue weighted by atomic mass is 10.1. The summed E-state index contributed by atoms with van der Waals surface area (Å²) in [5.74, 6) is -4.40. The van der Waals surface area contributed by atoms with Crippen molar-refractivity contribution in [3.8, 4) is 0 Å². The van der Waals surface area contributed by atoms with Crippen LogP contribution in [0.15, 0.2) is 36.7 Å². The fourth-order valence-corrected chi connectivity index (χ4v) is 4.56. The molecule has 0 aliphatic carbocycles. The van der Waals surface area contributed by atoms with Crippen molar-refractivity contribution >= 4 is 34.8 Å². The molecule has 3 N–H and O–H groups in total. The molecule has 0 spiro atoms. The van der Waals surface area contributed by atoms with E-state index in [1.807, 2.05) is 11.8 Å². The van der Waals surface area contributed by atoms with Crippen molar-refractivity contribution in [3.63, 3.8) is 0 Å². The molecule has 15 heteroatoms. The number of rotatable bonds is 8. The highest BCUT2D eigenvalue weighted by atomic mass is 35.5. The summed E-state index contributed by atoms with van der Waals surface area (Å²) in [5, 5.41) is 11.2. The second-order valence-corrected chi connectivity index (χ2v) is 9.68. The third kappa shape index (κ3) is 7.04. The Morgan fingerprint density at radius 1 is 1.12 bits per heavy atom. The average molecular weight is 586 g/mol. The molecule has 1 saturated heterocycles. The maximum Gasteiger partial charge on any atom is 0.390 e. The maximum atomic E-state index is 14.9. The van der Waals surface area contributed by atoms with Crippen LogP contribution in [0, 0.1) is 11.6 Å². The molecule has 0 unspecified atom stereocenters. The number of nitrogens with one attached hydrogen (secondary N) is 3. The summed E-state index contributed by atoms with van der Waals surface area (Å²) in [4.78, 5) is 32.2. The number of anilines is 2. The van der Waals surface area contributed by atoms with Gasteiger partial charge in [0, 0.05) is 49.4 Å². The first-order valence-electron chi connectivity index (χ1n) is 12.2. The van der Waals surface area contributed by atoms with E-state index < -0.39 is 41.6 Å². The van der Waals surface area contributed by atoms with E-state index in [1.165, 1.54) is 18.2 Å². The number of carbonyl (C=O) groups excluding carboxylic acids is 2. The van der Waals surface area contributed by atoms with Gasteiger partial charge in [0.2, 0.25) is 5.82 Å². The molecule has 2 aromatic carbocycles. The molecule has 0 bridgehead atoms. The van der Waals surface area contributed by atoms with E-state index in [0.29, 0.717) is 30.3 Å². The highest BCUT2D eigenvalue weighted by Gasteiger charge is 2.31. The zero-order valence-electron chi connectivity index (χ0n) is 21.2. The van der Waals surface area contributed by atoms with Crippen molar-refractivity contribution in [1.29, 1.82) is 0 Å². The first-order chi connectivity index (χ1) is 18.9. The number of carbonyl (C=O) groups is 2. The molecule has 3 aromatic rings. The third-order valence-corrected chi connectivity index (χ3v) is 6.65. The molecule has 214 valence electrons. The summed E-state index contributed by atoms with van der Waals surface area (Å²) in [6.07, 6.45) is -4.04. The van der Waals surface area contributed by atoms with Crippen molar-refractivity contribution in [3.05, 3.63) is 70.3 Å². The van der Waals surface area contributed by atoms with Crippen LogP contribution in [-0.4, -0.2) is 70.3 Å². The number of H-pyrrole nitrogens is 1. The molecule has 1 aromatic heterocycles. The Hall–Kier alpha value is -3.78. The van der Waals surface area contributed by atoms with Gasteiger partial charge in [-0.2, -0.15) is 18.3 Å². The number of piperazine rings is 1. The van der Waals surface area contributed by atoms with Crippen molar-refractivity contribution in [1.82, 2.24) is 25.4 Å². The van der Waals surface area contributed by atoms with Gasteiger partial charge in [0.15, 0.2) is 11.6 Å². The molecule has 2 heterocycles. The first kappa shape index (κ1) is 29.2. The summed E-state index contributed by atoms with van der Waals surface area (Å²) in [5.41, 5.74) is 0.0182. The predicted molar refractivity (Wildman–Crippen MR) is 137 cm³/mol. The Labute approximate surface area is 230 Å². The van der Waals surface area contributed by atoms with Crippen LogP contribution in [0.5, 0.6) is 0 Å². The molecular weight excluding hydrogens is 561 g/mol. The van der Waals surface area contributed by atoms with Crippen LogP contribution in [-0.2, 0) is 6.54 Å². The van der Waals surface area contributed by atoms with Crippen LogP contribution in [0.1, 0.15) is 39.9 Å². The van der Waals surface area contributed by atoms with Gasteiger partial charge in [-0.3, -0.25) is 19.6 Å². The minimum absolute atomic E-state index is 0.104. The molecule has 4 rings (SSSR count). The van der Waals surface area contributed by atoms with Crippen LogP contribution < -0.4 is 15.5 Å². The zero-order chi connectivity index (χ0) is 29.0. The van der Waals surface area contributed by atoms with Gasteiger partial charge in [-0.05, 0) is 31.2 Å². The quantitative estimate of drug-likeness (QED) is 0.339. The molecule has 0 radical (unpaired) electrons. The van der Waals surface area contributed by atoms with E-state index in [1.54, 1.807) is 11.0 Å². The van der Waals surface area contributed by atoms with Gasteiger partial charge in [0.1, 0.15) is 6.33 Å². The Morgan fingerprint density at radius 3 is 2.58 bits per heavy atom. The lowest BCUT2D eigenvalue weighted by molar-refractivity contribution is -0.138. The number of halogens is 6. The number of aromatic nitrogens is 3. The number of aromatic amines is 1. The van der Waals surface area contributed by atoms with Gasteiger partial charge in [-0.15, -0.1) is 0 Å².